The van der Waals surface area contributed by atoms with Crippen LogP contribution >= 0.6 is 0 Å². The Labute approximate surface area is 107 Å². The molecule has 0 saturated carbocycles. The number of hydrogen-bond donors (Lipinski definition) is 0. The number of rotatable bonds is 1. The third-order valence-electron chi connectivity index (χ3n) is 2.76. The van der Waals surface area contributed by atoms with Crippen molar-refractivity contribution in [3.8, 4) is 5.69 Å². The van der Waals surface area contributed by atoms with Gasteiger partial charge in [-0.3, -0.25) is 0 Å². The Morgan fingerprint density at radius 3 is 2.18 bits per heavy atom. The van der Waals surface area contributed by atoms with Crippen molar-refractivity contribution in [2.24, 2.45) is 0 Å². The SMILES string of the molecule is [Cl-].c1cc[n+](-c2cccc3ccccc23)cc1. The molecule has 0 bridgehead atoms. The van der Waals surface area contributed by atoms with Gasteiger partial charge in [0.15, 0.2) is 12.4 Å². The molecule has 0 aliphatic rings. The molecular weight excluding hydrogens is 230 g/mol. The van der Waals surface area contributed by atoms with Crippen molar-refractivity contribution in [2.45, 2.75) is 0 Å². The van der Waals surface area contributed by atoms with Crippen molar-refractivity contribution in [2.75, 3.05) is 0 Å². The maximum Gasteiger partial charge on any atom is 0.218 e. The first-order chi connectivity index (χ1) is 7.95. The van der Waals surface area contributed by atoms with Gasteiger partial charge in [-0.2, -0.15) is 4.57 Å². The van der Waals surface area contributed by atoms with E-state index in [-0.39, 0.29) is 12.4 Å². The first-order valence-corrected chi connectivity index (χ1v) is 5.39. The van der Waals surface area contributed by atoms with E-state index in [2.05, 4.69) is 59.4 Å². The lowest BCUT2D eigenvalue weighted by Gasteiger charge is -2.00. The van der Waals surface area contributed by atoms with Crippen LogP contribution in [0.3, 0.4) is 0 Å². The molecule has 1 aromatic heterocycles. The molecule has 0 aliphatic heterocycles. The molecule has 17 heavy (non-hydrogen) atoms. The summed E-state index contributed by atoms with van der Waals surface area (Å²) >= 11 is 0. The van der Waals surface area contributed by atoms with E-state index in [0.29, 0.717) is 0 Å². The monoisotopic (exact) mass is 241 g/mol. The van der Waals surface area contributed by atoms with Crippen LogP contribution in [0.4, 0.5) is 0 Å². The molecule has 0 N–H and O–H groups in total. The van der Waals surface area contributed by atoms with Crippen LogP contribution in [0.25, 0.3) is 16.5 Å². The first kappa shape index (κ1) is 11.6. The predicted octanol–water partition coefficient (Wildman–Crippen LogP) is 0.121. The van der Waals surface area contributed by atoms with Crippen molar-refractivity contribution < 1.29 is 17.0 Å². The quantitative estimate of drug-likeness (QED) is 0.533. The van der Waals surface area contributed by atoms with Gasteiger partial charge in [-0.1, -0.05) is 36.4 Å². The number of pyridine rings is 1. The second-order valence-electron chi connectivity index (χ2n) is 3.78. The molecule has 0 atom stereocenters. The molecule has 3 rings (SSSR count). The van der Waals surface area contributed by atoms with Gasteiger partial charge in [0.2, 0.25) is 5.69 Å². The standard InChI is InChI=1S/C15H12N.ClH/c1-4-11-16(12-5-1)15-10-6-8-13-7-2-3-9-14(13)15;/h1-12H;1H/q+1;/p-1. The Morgan fingerprint density at radius 1 is 0.647 bits per heavy atom. The Morgan fingerprint density at radius 2 is 1.35 bits per heavy atom. The van der Waals surface area contributed by atoms with E-state index in [1.165, 1.54) is 16.5 Å². The highest BCUT2D eigenvalue weighted by Gasteiger charge is 2.08. The average molecular weight is 242 g/mol. The van der Waals surface area contributed by atoms with Crippen LogP contribution in [-0.4, -0.2) is 0 Å². The molecule has 1 nitrogen and oxygen atoms in total. The van der Waals surface area contributed by atoms with E-state index in [1.54, 1.807) is 0 Å². The lowest BCUT2D eigenvalue weighted by molar-refractivity contribution is -0.594. The van der Waals surface area contributed by atoms with E-state index >= 15 is 0 Å². The molecule has 0 radical (unpaired) electrons. The number of benzene rings is 2. The molecule has 0 spiro atoms. The van der Waals surface area contributed by atoms with Gasteiger partial charge in [-0.05, 0) is 11.5 Å². The lowest BCUT2D eigenvalue weighted by Crippen LogP contribution is -3.00. The highest BCUT2D eigenvalue weighted by Crippen LogP contribution is 2.17. The summed E-state index contributed by atoms with van der Waals surface area (Å²) < 4.78 is 2.14. The molecule has 0 aliphatic carbocycles. The molecule has 84 valence electrons. The van der Waals surface area contributed by atoms with Gasteiger partial charge >= 0.3 is 0 Å². The van der Waals surface area contributed by atoms with Gasteiger partial charge in [0.25, 0.3) is 0 Å². The minimum absolute atomic E-state index is 0. The zero-order valence-corrected chi connectivity index (χ0v) is 10.0. The Hall–Kier alpha value is -1.86. The molecule has 0 unspecified atom stereocenters. The molecule has 0 saturated heterocycles. The largest absolute Gasteiger partial charge is 1.00 e. The normalized spacial score (nSPS) is 9.88. The number of fused-ring (bicyclic) bond motifs is 1. The maximum absolute atomic E-state index is 2.16. The third-order valence-corrected chi connectivity index (χ3v) is 2.76. The summed E-state index contributed by atoms with van der Waals surface area (Å²) in [5.74, 6) is 0. The summed E-state index contributed by atoms with van der Waals surface area (Å²) in [6.45, 7) is 0. The van der Waals surface area contributed by atoms with Crippen LogP contribution in [-0.2, 0) is 0 Å². The van der Waals surface area contributed by atoms with Gasteiger partial charge in [0.05, 0.1) is 5.39 Å². The minimum atomic E-state index is 0. The maximum atomic E-state index is 2.16. The van der Waals surface area contributed by atoms with Crippen molar-refractivity contribution in [3.05, 3.63) is 73.1 Å². The van der Waals surface area contributed by atoms with Gasteiger partial charge in [0, 0.05) is 18.2 Å². The number of halogens is 1. The topological polar surface area (TPSA) is 3.88 Å². The van der Waals surface area contributed by atoms with Crippen molar-refractivity contribution in [1.82, 2.24) is 0 Å². The van der Waals surface area contributed by atoms with E-state index < -0.39 is 0 Å². The highest BCUT2D eigenvalue weighted by molar-refractivity contribution is 5.88. The van der Waals surface area contributed by atoms with Crippen LogP contribution in [0.15, 0.2) is 73.1 Å². The molecule has 2 heteroatoms. The lowest BCUT2D eigenvalue weighted by atomic mass is 10.1. The van der Waals surface area contributed by atoms with E-state index in [4.69, 9.17) is 0 Å². The number of hydrogen-bond acceptors (Lipinski definition) is 0. The number of aromatic nitrogens is 1. The van der Waals surface area contributed by atoms with Crippen molar-refractivity contribution >= 4 is 10.8 Å². The zero-order valence-electron chi connectivity index (χ0n) is 9.25. The third kappa shape index (κ3) is 2.15. The number of nitrogens with zero attached hydrogens (tertiary/aromatic N) is 1. The fourth-order valence-electron chi connectivity index (χ4n) is 1.99. The fourth-order valence-corrected chi connectivity index (χ4v) is 1.99. The molecule has 1 heterocycles. The van der Waals surface area contributed by atoms with Gasteiger partial charge in [-0.25, -0.2) is 0 Å². The molecular formula is C15H12ClN. The summed E-state index contributed by atoms with van der Waals surface area (Å²) in [6, 6.07) is 20.9. The summed E-state index contributed by atoms with van der Waals surface area (Å²) in [5, 5.41) is 2.55. The first-order valence-electron chi connectivity index (χ1n) is 5.39. The van der Waals surface area contributed by atoms with Crippen LogP contribution < -0.4 is 17.0 Å². The van der Waals surface area contributed by atoms with Crippen LogP contribution in [0.2, 0.25) is 0 Å². The summed E-state index contributed by atoms with van der Waals surface area (Å²) in [5.41, 5.74) is 1.22. The van der Waals surface area contributed by atoms with Gasteiger partial charge in [0.1, 0.15) is 0 Å². The van der Waals surface area contributed by atoms with E-state index in [9.17, 15) is 0 Å². The van der Waals surface area contributed by atoms with Crippen LogP contribution in [0, 0.1) is 0 Å². The fraction of sp³-hybridized carbons (Fsp3) is 0. The highest BCUT2D eigenvalue weighted by atomic mass is 35.5. The van der Waals surface area contributed by atoms with E-state index in [0.717, 1.165) is 0 Å². The minimum Gasteiger partial charge on any atom is -1.00 e. The molecule has 2 aromatic carbocycles. The average Bonchev–Trinajstić information content (AvgIpc) is 2.39. The van der Waals surface area contributed by atoms with Crippen molar-refractivity contribution in [3.63, 3.8) is 0 Å². The van der Waals surface area contributed by atoms with E-state index in [1.807, 2.05) is 18.2 Å². The zero-order chi connectivity index (χ0) is 10.8. The smallest absolute Gasteiger partial charge is 0.218 e. The van der Waals surface area contributed by atoms with Crippen LogP contribution in [0.5, 0.6) is 0 Å². The van der Waals surface area contributed by atoms with Gasteiger partial charge in [-0.15, -0.1) is 0 Å². The van der Waals surface area contributed by atoms with Crippen LogP contribution in [0.1, 0.15) is 0 Å². The van der Waals surface area contributed by atoms with Crippen molar-refractivity contribution in [1.29, 1.82) is 0 Å². The second-order valence-corrected chi connectivity index (χ2v) is 3.78. The van der Waals surface area contributed by atoms with Gasteiger partial charge < -0.3 is 12.4 Å². The Balaban J connectivity index is 0.00000108. The summed E-state index contributed by atoms with van der Waals surface area (Å²) in [6.07, 6.45) is 4.14. The predicted molar refractivity (Wildman–Crippen MR) is 65.5 cm³/mol. The molecule has 0 amide bonds. The summed E-state index contributed by atoms with van der Waals surface area (Å²) in [4.78, 5) is 0. The second kappa shape index (κ2) is 4.98. The Kier molecular flexibility index (Phi) is 3.40. The Bertz CT molecular complexity index is 615. The molecule has 3 aromatic rings. The molecule has 0 fully saturated rings. The summed E-state index contributed by atoms with van der Waals surface area (Å²) in [7, 11) is 0.